The average Bonchev–Trinajstić information content (AvgIpc) is 2.37. The Hall–Kier alpha value is -1.35. The third-order valence-electron chi connectivity index (χ3n) is 3.54. The molecule has 1 unspecified atom stereocenters. The summed E-state index contributed by atoms with van der Waals surface area (Å²) in [5, 5.41) is 0. The van der Waals surface area contributed by atoms with E-state index in [9.17, 15) is 4.79 Å². The van der Waals surface area contributed by atoms with Crippen molar-refractivity contribution in [2.45, 2.75) is 39.3 Å². The summed E-state index contributed by atoms with van der Waals surface area (Å²) in [5.74, 6) is 0.447. The molecule has 1 aromatic rings. The van der Waals surface area contributed by atoms with Crippen LogP contribution in [0.2, 0.25) is 0 Å². The molecule has 1 rings (SSSR count). The Morgan fingerprint density at radius 2 is 1.78 bits per heavy atom. The summed E-state index contributed by atoms with van der Waals surface area (Å²) in [5.41, 5.74) is 7.10. The number of nitrogens with two attached hydrogens (primary N) is 1. The van der Waals surface area contributed by atoms with Crippen molar-refractivity contribution >= 4 is 5.91 Å². The summed E-state index contributed by atoms with van der Waals surface area (Å²) in [4.78, 5) is 14.0. The highest BCUT2D eigenvalue weighted by Crippen LogP contribution is 2.10. The molecule has 0 heterocycles. The fraction of sp³-hybridized carbons (Fsp3) is 0.533. The Morgan fingerprint density at radius 3 is 2.28 bits per heavy atom. The molecule has 0 aromatic heterocycles. The first-order valence-corrected chi connectivity index (χ1v) is 6.49. The average molecular weight is 248 g/mol. The SMILES string of the molecule is CC(C)C(C)N(C)C(=O)[C@H](N)Cc1ccccc1. The zero-order valence-corrected chi connectivity index (χ0v) is 11.8. The smallest absolute Gasteiger partial charge is 0.239 e. The molecule has 100 valence electrons. The minimum atomic E-state index is -0.460. The molecule has 0 saturated carbocycles. The van der Waals surface area contributed by atoms with Crippen molar-refractivity contribution in [3.63, 3.8) is 0 Å². The molecule has 0 aliphatic carbocycles. The minimum Gasteiger partial charge on any atom is -0.341 e. The topological polar surface area (TPSA) is 46.3 Å². The second kappa shape index (κ2) is 6.55. The summed E-state index contributed by atoms with van der Waals surface area (Å²) in [6.07, 6.45) is 0.592. The van der Waals surface area contributed by atoms with Gasteiger partial charge in [-0.15, -0.1) is 0 Å². The van der Waals surface area contributed by atoms with Gasteiger partial charge < -0.3 is 10.6 Å². The highest BCUT2D eigenvalue weighted by atomic mass is 16.2. The molecule has 0 aliphatic rings. The third kappa shape index (κ3) is 3.84. The standard InChI is InChI=1S/C15H24N2O/c1-11(2)12(3)17(4)15(18)14(16)10-13-8-6-5-7-9-13/h5-9,11-12,14H,10,16H2,1-4H3/t12?,14-/m1/s1. The molecule has 1 aromatic carbocycles. The number of likely N-dealkylation sites (N-methyl/N-ethyl adjacent to an activating group) is 1. The fourth-order valence-electron chi connectivity index (χ4n) is 1.86. The summed E-state index contributed by atoms with van der Waals surface area (Å²) in [6.45, 7) is 6.27. The minimum absolute atomic E-state index is 0.0139. The highest BCUT2D eigenvalue weighted by molar-refractivity contribution is 5.82. The molecule has 0 saturated heterocycles. The summed E-state index contributed by atoms with van der Waals surface area (Å²) < 4.78 is 0. The Labute approximate surface area is 110 Å². The van der Waals surface area contributed by atoms with Crippen molar-refractivity contribution in [2.24, 2.45) is 11.7 Å². The second-order valence-corrected chi connectivity index (χ2v) is 5.23. The number of carbonyl (C=O) groups is 1. The largest absolute Gasteiger partial charge is 0.341 e. The Balaban J connectivity index is 2.61. The van der Waals surface area contributed by atoms with Gasteiger partial charge in [-0.2, -0.15) is 0 Å². The van der Waals surface area contributed by atoms with E-state index in [0.717, 1.165) is 5.56 Å². The number of benzene rings is 1. The van der Waals surface area contributed by atoms with E-state index in [2.05, 4.69) is 20.8 Å². The lowest BCUT2D eigenvalue weighted by Gasteiger charge is -2.30. The van der Waals surface area contributed by atoms with Crippen LogP contribution < -0.4 is 5.73 Å². The van der Waals surface area contributed by atoms with Gasteiger partial charge in [0.2, 0.25) is 5.91 Å². The number of carbonyl (C=O) groups excluding carboxylic acids is 1. The Bertz CT molecular complexity index is 375. The van der Waals surface area contributed by atoms with Crippen LogP contribution in [0.25, 0.3) is 0 Å². The van der Waals surface area contributed by atoms with Gasteiger partial charge in [-0.25, -0.2) is 0 Å². The predicted octanol–water partition coefficient (Wildman–Crippen LogP) is 2.06. The lowest BCUT2D eigenvalue weighted by Crippen LogP contribution is -2.48. The third-order valence-corrected chi connectivity index (χ3v) is 3.54. The molecule has 0 aliphatic heterocycles. The lowest BCUT2D eigenvalue weighted by atomic mass is 10.0. The van der Waals surface area contributed by atoms with Crippen molar-refractivity contribution < 1.29 is 4.79 Å². The quantitative estimate of drug-likeness (QED) is 0.867. The van der Waals surface area contributed by atoms with Crippen LogP contribution in [-0.4, -0.2) is 29.9 Å². The van der Waals surface area contributed by atoms with Crippen LogP contribution in [0.4, 0.5) is 0 Å². The van der Waals surface area contributed by atoms with E-state index in [-0.39, 0.29) is 11.9 Å². The zero-order chi connectivity index (χ0) is 13.7. The van der Waals surface area contributed by atoms with E-state index < -0.39 is 6.04 Å². The molecule has 0 bridgehead atoms. The lowest BCUT2D eigenvalue weighted by molar-refractivity contribution is -0.133. The van der Waals surface area contributed by atoms with Gasteiger partial charge in [0.1, 0.15) is 0 Å². The van der Waals surface area contributed by atoms with Crippen LogP contribution in [-0.2, 0) is 11.2 Å². The van der Waals surface area contributed by atoms with Crippen LogP contribution in [0.1, 0.15) is 26.3 Å². The molecule has 3 nitrogen and oxygen atoms in total. The first-order chi connectivity index (χ1) is 8.43. The summed E-state index contributed by atoms with van der Waals surface area (Å²) in [6, 6.07) is 9.64. The molecule has 2 atom stereocenters. The number of nitrogens with zero attached hydrogens (tertiary/aromatic N) is 1. The van der Waals surface area contributed by atoms with Crippen molar-refractivity contribution in [1.82, 2.24) is 4.90 Å². The molecule has 0 fully saturated rings. The maximum absolute atomic E-state index is 12.2. The number of rotatable bonds is 5. The van der Waals surface area contributed by atoms with E-state index in [1.165, 1.54) is 0 Å². The van der Waals surface area contributed by atoms with E-state index in [1.54, 1.807) is 4.90 Å². The summed E-state index contributed by atoms with van der Waals surface area (Å²) >= 11 is 0. The van der Waals surface area contributed by atoms with Gasteiger partial charge >= 0.3 is 0 Å². The van der Waals surface area contributed by atoms with Crippen LogP contribution in [0.5, 0.6) is 0 Å². The van der Waals surface area contributed by atoms with E-state index in [0.29, 0.717) is 12.3 Å². The zero-order valence-electron chi connectivity index (χ0n) is 11.8. The fourth-order valence-corrected chi connectivity index (χ4v) is 1.86. The molecule has 3 heteroatoms. The predicted molar refractivity (Wildman–Crippen MR) is 75.2 cm³/mol. The first-order valence-electron chi connectivity index (χ1n) is 6.49. The first kappa shape index (κ1) is 14.7. The molecule has 2 N–H and O–H groups in total. The van der Waals surface area contributed by atoms with Gasteiger partial charge in [-0.1, -0.05) is 44.2 Å². The van der Waals surface area contributed by atoms with Crippen molar-refractivity contribution in [3.05, 3.63) is 35.9 Å². The van der Waals surface area contributed by atoms with Crippen LogP contribution in [0, 0.1) is 5.92 Å². The van der Waals surface area contributed by atoms with Crippen LogP contribution >= 0.6 is 0 Å². The number of hydrogen-bond donors (Lipinski definition) is 1. The molecule has 0 radical (unpaired) electrons. The van der Waals surface area contributed by atoms with Crippen LogP contribution in [0.15, 0.2) is 30.3 Å². The molecular weight excluding hydrogens is 224 g/mol. The molecule has 1 amide bonds. The molecular formula is C15H24N2O. The van der Waals surface area contributed by atoms with Gasteiger partial charge in [0.15, 0.2) is 0 Å². The van der Waals surface area contributed by atoms with Gasteiger partial charge in [0, 0.05) is 13.1 Å². The Kier molecular flexibility index (Phi) is 5.35. The maximum atomic E-state index is 12.2. The number of amides is 1. The highest BCUT2D eigenvalue weighted by Gasteiger charge is 2.23. The van der Waals surface area contributed by atoms with Gasteiger partial charge in [0.25, 0.3) is 0 Å². The normalized spacial score (nSPS) is 14.3. The van der Waals surface area contributed by atoms with Gasteiger partial charge in [-0.05, 0) is 24.8 Å². The maximum Gasteiger partial charge on any atom is 0.239 e. The van der Waals surface area contributed by atoms with Gasteiger partial charge in [-0.3, -0.25) is 4.79 Å². The van der Waals surface area contributed by atoms with Gasteiger partial charge in [0.05, 0.1) is 6.04 Å². The van der Waals surface area contributed by atoms with E-state index in [4.69, 9.17) is 5.73 Å². The van der Waals surface area contributed by atoms with Crippen molar-refractivity contribution in [2.75, 3.05) is 7.05 Å². The molecule has 0 spiro atoms. The Morgan fingerprint density at radius 1 is 1.22 bits per heavy atom. The van der Waals surface area contributed by atoms with E-state index >= 15 is 0 Å². The van der Waals surface area contributed by atoms with Crippen molar-refractivity contribution in [1.29, 1.82) is 0 Å². The summed E-state index contributed by atoms with van der Waals surface area (Å²) in [7, 11) is 1.83. The molecule has 18 heavy (non-hydrogen) atoms. The second-order valence-electron chi connectivity index (χ2n) is 5.23. The monoisotopic (exact) mass is 248 g/mol. The van der Waals surface area contributed by atoms with E-state index in [1.807, 2.05) is 37.4 Å². The van der Waals surface area contributed by atoms with Crippen molar-refractivity contribution in [3.8, 4) is 0 Å². The van der Waals surface area contributed by atoms with Crippen LogP contribution in [0.3, 0.4) is 0 Å². The number of hydrogen-bond acceptors (Lipinski definition) is 2.